The molecule has 3 aromatic rings. The number of nitrogens with zero attached hydrogens (tertiary/aromatic N) is 4. The molecule has 1 aliphatic carbocycles. The third-order valence-electron chi connectivity index (χ3n) is 5.14. The molecule has 31 heavy (non-hydrogen) atoms. The standard InChI is InChI=1S/C22H24N6O2S/c29-20(15-31-22-25-26-27-28(22)14-16-8-2-1-3-9-16)24-19-13-7-6-12-18(19)21(30)23-17-10-4-5-11-17/h1-3,6-9,12-13,17H,4-5,10-11,14-15H2,(H,23,30)(H,24,29). The summed E-state index contributed by atoms with van der Waals surface area (Å²) in [5, 5.41) is 18.2. The van der Waals surface area contributed by atoms with E-state index in [2.05, 4.69) is 26.2 Å². The van der Waals surface area contributed by atoms with E-state index >= 15 is 0 Å². The molecule has 2 amide bonds. The van der Waals surface area contributed by atoms with Crippen LogP contribution in [0.1, 0.15) is 41.6 Å². The van der Waals surface area contributed by atoms with Crippen LogP contribution in [0, 0.1) is 0 Å². The van der Waals surface area contributed by atoms with Gasteiger partial charge in [0, 0.05) is 6.04 Å². The SMILES string of the molecule is O=C(CSc1nnnn1Cc1ccccc1)Nc1ccccc1C(=O)NC1CCCC1. The monoisotopic (exact) mass is 436 g/mol. The lowest BCUT2D eigenvalue weighted by Crippen LogP contribution is -2.33. The summed E-state index contributed by atoms with van der Waals surface area (Å²) in [5.74, 6) is -0.240. The molecule has 4 rings (SSSR count). The first-order valence-electron chi connectivity index (χ1n) is 10.3. The highest BCUT2D eigenvalue weighted by Crippen LogP contribution is 2.21. The molecule has 0 radical (unpaired) electrons. The van der Waals surface area contributed by atoms with Crippen LogP contribution >= 0.6 is 11.8 Å². The van der Waals surface area contributed by atoms with Crippen LogP contribution in [0.4, 0.5) is 5.69 Å². The van der Waals surface area contributed by atoms with Crippen LogP contribution in [0.25, 0.3) is 0 Å². The molecular weight excluding hydrogens is 412 g/mol. The molecule has 1 fully saturated rings. The van der Waals surface area contributed by atoms with Gasteiger partial charge in [-0.1, -0.05) is 67.1 Å². The van der Waals surface area contributed by atoms with Crippen molar-refractivity contribution >= 4 is 29.3 Å². The van der Waals surface area contributed by atoms with E-state index in [1.165, 1.54) is 11.8 Å². The predicted octanol–water partition coefficient (Wildman–Crippen LogP) is 3.12. The first kappa shape index (κ1) is 21.0. The van der Waals surface area contributed by atoms with Gasteiger partial charge in [0.1, 0.15) is 0 Å². The van der Waals surface area contributed by atoms with Crippen molar-refractivity contribution in [2.24, 2.45) is 0 Å². The number of carbonyl (C=O) groups excluding carboxylic acids is 2. The van der Waals surface area contributed by atoms with Gasteiger partial charge in [-0.25, -0.2) is 4.68 Å². The van der Waals surface area contributed by atoms with Crippen molar-refractivity contribution in [1.82, 2.24) is 25.5 Å². The van der Waals surface area contributed by atoms with Crippen molar-refractivity contribution in [2.75, 3.05) is 11.1 Å². The summed E-state index contributed by atoms with van der Waals surface area (Å²) >= 11 is 1.25. The molecule has 160 valence electrons. The molecule has 1 saturated carbocycles. The molecule has 2 aromatic carbocycles. The van der Waals surface area contributed by atoms with Crippen LogP contribution in [0.5, 0.6) is 0 Å². The number of nitrogens with one attached hydrogen (secondary N) is 2. The molecular formula is C22H24N6O2S. The third kappa shape index (κ3) is 5.69. The number of hydrogen-bond acceptors (Lipinski definition) is 6. The third-order valence-corrected chi connectivity index (χ3v) is 6.10. The van der Waals surface area contributed by atoms with Gasteiger partial charge in [-0.15, -0.1) is 5.10 Å². The lowest BCUT2D eigenvalue weighted by Gasteiger charge is -2.15. The minimum Gasteiger partial charge on any atom is -0.349 e. The highest BCUT2D eigenvalue weighted by Gasteiger charge is 2.20. The maximum absolute atomic E-state index is 12.7. The lowest BCUT2D eigenvalue weighted by molar-refractivity contribution is -0.113. The molecule has 0 unspecified atom stereocenters. The summed E-state index contributed by atoms with van der Waals surface area (Å²) in [5.41, 5.74) is 2.05. The van der Waals surface area contributed by atoms with Gasteiger partial charge >= 0.3 is 0 Å². The Morgan fingerprint density at radius 1 is 1.03 bits per heavy atom. The number of amides is 2. The first-order valence-corrected chi connectivity index (χ1v) is 11.3. The van der Waals surface area contributed by atoms with Gasteiger partial charge in [0.2, 0.25) is 11.1 Å². The number of benzene rings is 2. The zero-order valence-corrected chi connectivity index (χ0v) is 17.8. The summed E-state index contributed by atoms with van der Waals surface area (Å²) in [6.07, 6.45) is 4.30. The molecule has 8 nitrogen and oxygen atoms in total. The second-order valence-electron chi connectivity index (χ2n) is 7.44. The van der Waals surface area contributed by atoms with Gasteiger partial charge in [-0.2, -0.15) is 0 Å². The molecule has 9 heteroatoms. The average molecular weight is 437 g/mol. The van der Waals surface area contributed by atoms with E-state index in [1.54, 1.807) is 28.9 Å². The maximum atomic E-state index is 12.7. The summed E-state index contributed by atoms with van der Waals surface area (Å²) in [6, 6.07) is 17.2. The lowest BCUT2D eigenvalue weighted by atomic mass is 10.1. The Bertz CT molecular complexity index is 1030. The van der Waals surface area contributed by atoms with Crippen LogP contribution in [-0.2, 0) is 11.3 Å². The predicted molar refractivity (Wildman–Crippen MR) is 119 cm³/mol. The maximum Gasteiger partial charge on any atom is 0.253 e. The van der Waals surface area contributed by atoms with Crippen LogP contribution in [-0.4, -0.2) is 43.8 Å². The van der Waals surface area contributed by atoms with Crippen molar-refractivity contribution in [3.8, 4) is 0 Å². The number of rotatable bonds is 8. The van der Waals surface area contributed by atoms with Gasteiger partial charge in [-0.3, -0.25) is 9.59 Å². The van der Waals surface area contributed by atoms with Crippen LogP contribution in [0.3, 0.4) is 0 Å². The topological polar surface area (TPSA) is 102 Å². The van der Waals surface area contributed by atoms with Crippen molar-refractivity contribution in [3.63, 3.8) is 0 Å². The Balaban J connectivity index is 1.35. The molecule has 1 aliphatic rings. The van der Waals surface area contributed by atoms with E-state index in [-0.39, 0.29) is 23.6 Å². The normalized spacial score (nSPS) is 13.8. The zero-order chi connectivity index (χ0) is 21.5. The number of tetrazole rings is 1. The largest absolute Gasteiger partial charge is 0.349 e. The van der Waals surface area contributed by atoms with E-state index < -0.39 is 0 Å². The van der Waals surface area contributed by atoms with Crippen LogP contribution in [0.15, 0.2) is 59.8 Å². The molecule has 2 N–H and O–H groups in total. The average Bonchev–Trinajstić information content (AvgIpc) is 3.45. The Kier molecular flexibility index (Phi) is 6.93. The minimum atomic E-state index is -0.222. The van der Waals surface area contributed by atoms with Crippen molar-refractivity contribution in [2.45, 2.75) is 43.4 Å². The molecule has 0 bridgehead atoms. The van der Waals surface area contributed by atoms with E-state index in [0.717, 1.165) is 31.2 Å². The number of para-hydroxylation sites is 1. The molecule has 1 heterocycles. The van der Waals surface area contributed by atoms with Gasteiger partial charge in [0.15, 0.2) is 0 Å². The minimum absolute atomic E-state index is 0.133. The van der Waals surface area contributed by atoms with E-state index in [0.29, 0.717) is 23.0 Å². The van der Waals surface area contributed by atoms with E-state index in [1.807, 2.05) is 30.3 Å². The van der Waals surface area contributed by atoms with Gasteiger partial charge in [0.05, 0.1) is 23.5 Å². The summed E-state index contributed by atoms with van der Waals surface area (Å²) in [4.78, 5) is 25.2. The Hall–Kier alpha value is -3.20. The van der Waals surface area contributed by atoms with E-state index in [9.17, 15) is 9.59 Å². The van der Waals surface area contributed by atoms with Crippen molar-refractivity contribution in [1.29, 1.82) is 0 Å². The van der Waals surface area contributed by atoms with Gasteiger partial charge < -0.3 is 10.6 Å². The number of carbonyl (C=O) groups is 2. The Morgan fingerprint density at radius 2 is 1.77 bits per heavy atom. The number of hydrogen-bond donors (Lipinski definition) is 2. The number of aromatic nitrogens is 4. The second-order valence-corrected chi connectivity index (χ2v) is 8.38. The van der Waals surface area contributed by atoms with Crippen LogP contribution < -0.4 is 10.6 Å². The number of anilines is 1. The fourth-order valence-corrected chi connectivity index (χ4v) is 4.27. The molecule has 0 aliphatic heterocycles. The second kappa shape index (κ2) is 10.2. The van der Waals surface area contributed by atoms with Crippen molar-refractivity contribution in [3.05, 3.63) is 65.7 Å². The fourth-order valence-electron chi connectivity index (χ4n) is 3.60. The summed E-state index contributed by atoms with van der Waals surface area (Å²) < 4.78 is 1.66. The highest BCUT2D eigenvalue weighted by molar-refractivity contribution is 7.99. The zero-order valence-electron chi connectivity index (χ0n) is 17.0. The van der Waals surface area contributed by atoms with Gasteiger partial charge in [-0.05, 0) is 41.0 Å². The molecule has 0 saturated heterocycles. The summed E-state index contributed by atoms with van der Waals surface area (Å²) in [6.45, 7) is 0.530. The van der Waals surface area contributed by atoms with E-state index in [4.69, 9.17) is 0 Å². The molecule has 0 spiro atoms. The van der Waals surface area contributed by atoms with Crippen molar-refractivity contribution < 1.29 is 9.59 Å². The fraction of sp³-hybridized carbons (Fsp3) is 0.318. The molecule has 0 atom stereocenters. The first-order chi connectivity index (χ1) is 15.2. The smallest absolute Gasteiger partial charge is 0.253 e. The van der Waals surface area contributed by atoms with Gasteiger partial charge in [0.25, 0.3) is 5.91 Å². The van der Waals surface area contributed by atoms with Crippen LogP contribution in [0.2, 0.25) is 0 Å². The number of thioether (sulfide) groups is 1. The Morgan fingerprint density at radius 3 is 2.58 bits per heavy atom. The quantitative estimate of drug-likeness (QED) is 0.526. The Labute approximate surface area is 184 Å². The summed E-state index contributed by atoms with van der Waals surface area (Å²) in [7, 11) is 0. The highest BCUT2D eigenvalue weighted by atomic mass is 32.2. The molecule has 1 aromatic heterocycles.